The van der Waals surface area contributed by atoms with Crippen LogP contribution in [0.25, 0.3) is 11.4 Å². The first-order valence-corrected chi connectivity index (χ1v) is 6.32. The molecule has 1 saturated carbocycles. The third-order valence-electron chi connectivity index (χ3n) is 3.52. The van der Waals surface area contributed by atoms with Crippen molar-refractivity contribution in [2.24, 2.45) is 5.92 Å². The van der Waals surface area contributed by atoms with Gasteiger partial charge < -0.3 is 14.3 Å². The van der Waals surface area contributed by atoms with Crippen molar-refractivity contribution in [3.05, 3.63) is 24.0 Å². The summed E-state index contributed by atoms with van der Waals surface area (Å²) in [6.07, 6.45) is 5.03. The van der Waals surface area contributed by atoms with Crippen LogP contribution in [0.5, 0.6) is 0 Å². The fourth-order valence-electron chi connectivity index (χ4n) is 2.26. The van der Waals surface area contributed by atoms with Crippen molar-refractivity contribution < 1.29 is 8.94 Å². The highest BCUT2D eigenvalue weighted by Crippen LogP contribution is 2.34. The fourth-order valence-corrected chi connectivity index (χ4v) is 2.26. The van der Waals surface area contributed by atoms with Crippen LogP contribution in [-0.2, 0) is 6.42 Å². The number of rotatable bonds is 5. The van der Waals surface area contributed by atoms with E-state index in [1.807, 2.05) is 20.0 Å². The molecule has 1 atom stereocenters. The quantitative estimate of drug-likeness (QED) is 0.877. The average molecular weight is 247 g/mol. The maximum absolute atomic E-state index is 5.31. The monoisotopic (exact) mass is 247 g/mol. The maximum Gasteiger partial charge on any atom is 0.228 e. The summed E-state index contributed by atoms with van der Waals surface area (Å²) in [6.45, 7) is 1.89. The molecule has 2 heterocycles. The van der Waals surface area contributed by atoms with E-state index in [1.165, 1.54) is 12.8 Å². The number of hydrogen-bond donors (Lipinski definition) is 1. The van der Waals surface area contributed by atoms with E-state index in [0.717, 1.165) is 23.7 Å². The minimum absolute atomic E-state index is 0.448. The van der Waals surface area contributed by atoms with Crippen LogP contribution >= 0.6 is 0 Å². The Morgan fingerprint density at radius 3 is 2.94 bits per heavy atom. The normalized spacial score (nSPS) is 17.0. The third-order valence-corrected chi connectivity index (χ3v) is 3.52. The van der Waals surface area contributed by atoms with Gasteiger partial charge in [-0.2, -0.15) is 4.98 Å². The molecule has 1 N–H and O–H groups in total. The lowest BCUT2D eigenvalue weighted by Crippen LogP contribution is -2.29. The highest BCUT2D eigenvalue weighted by molar-refractivity contribution is 5.56. The van der Waals surface area contributed by atoms with Crippen molar-refractivity contribution >= 4 is 0 Å². The number of hydrogen-bond acceptors (Lipinski definition) is 5. The van der Waals surface area contributed by atoms with Crippen LogP contribution < -0.4 is 5.32 Å². The smallest absolute Gasteiger partial charge is 0.228 e. The van der Waals surface area contributed by atoms with E-state index < -0.39 is 0 Å². The number of aromatic nitrogens is 2. The topological polar surface area (TPSA) is 64.1 Å². The summed E-state index contributed by atoms with van der Waals surface area (Å²) in [6, 6.07) is 2.31. The Hall–Kier alpha value is -1.62. The van der Waals surface area contributed by atoms with Gasteiger partial charge >= 0.3 is 0 Å². The van der Waals surface area contributed by atoms with Crippen molar-refractivity contribution in [1.29, 1.82) is 0 Å². The van der Waals surface area contributed by atoms with Crippen LogP contribution in [0.2, 0.25) is 0 Å². The fraction of sp³-hybridized carbons (Fsp3) is 0.538. The molecule has 0 radical (unpaired) electrons. The van der Waals surface area contributed by atoms with Crippen LogP contribution in [0.3, 0.4) is 0 Å². The Labute approximate surface area is 106 Å². The lowest BCUT2D eigenvalue weighted by Gasteiger charge is -2.11. The van der Waals surface area contributed by atoms with E-state index in [2.05, 4.69) is 15.5 Å². The molecule has 2 aromatic heterocycles. The minimum atomic E-state index is 0.448. The number of likely N-dealkylation sites (N-methyl/N-ethyl adjacent to an activating group) is 1. The molecular weight excluding hydrogens is 230 g/mol. The molecule has 2 aromatic rings. The van der Waals surface area contributed by atoms with Gasteiger partial charge in [0.25, 0.3) is 0 Å². The number of aryl methyl sites for hydroxylation is 1. The maximum atomic E-state index is 5.31. The van der Waals surface area contributed by atoms with E-state index in [-0.39, 0.29) is 0 Å². The second-order valence-corrected chi connectivity index (χ2v) is 4.84. The summed E-state index contributed by atoms with van der Waals surface area (Å²) in [5.74, 6) is 2.88. The lowest BCUT2D eigenvalue weighted by molar-refractivity contribution is 0.352. The molecule has 0 bridgehead atoms. The van der Waals surface area contributed by atoms with E-state index in [0.29, 0.717) is 17.8 Å². The molecule has 1 aliphatic carbocycles. The van der Waals surface area contributed by atoms with Gasteiger partial charge in [0.1, 0.15) is 5.76 Å². The minimum Gasteiger partial charge on any atom is -0.469 e. The second kappa shape index (κ2) is 4.57. The first-order chi connectivity index (χ1) is 8.78. The van der Waals surface area contributed by atoms with E-state index in [1.54, 1.807) is 6.26 Å². The van der Waals surface area contributed by atoms with Crippen molar-refractivity contribution in [2.45, 2.75) is 32.2 Å². The molecule has 3 rings (SSSR count). The molecule has 96 valence electrons. The van der Waals surface area contributed by atoms with Crippen molar-refractivity contribution in [1.82, 2.24) is 15.5 Å². The lowest BCUT2D eigenvalue weighted by atomic mass is 10.1. The zero-order chi connectivity index (χ0) is 12.5. The van der Waals surface area contributed by atoms with Crippen molar-refractivity contribution in [3.63, 3.8) is 0 Å². The van der Waals surface area contributed by atoms with E-state index >= 15 is 0 Å². The Balaban J connectivity index is 1.75. The summed E-state index contributed by atoms with van der Waals surface area (Å²) in [4.78, 5) is 4.43. The molecule has 1 aliphatic rings. The summed E-state index contributed by atoms with van der Waals surface area (Å²) in [7, 11) is 1.99. The predicted molar refractivity (Wildman–Crippen MR) is 66.0 cm³/mol. The highest BCUT2D eigenvalue weighted by Gasteiger charge is 2.31. The van der Waals surface area contributed by atoms with Crippen LogP contribution in [0.15, 0.2) is 21.3 Å². The summed E-state index contributed by atoms with van der Waals surface area (Å²) in [5.41, 5.74) is 0.900. The second-order valence-electron chi connectivity index (χ2n) is 4.84. The standard InChI is InChI=1S/C13H17N3O2/c1-8-10(5-6-17-8)13-15-12(18-16-13)7-11(14-2)9-3-4-9/h5-6,9,11,14H,3-4,7H2,1-2H3. The molecule has 0 aromatic carbocycles. The first kappa shape index (κ1) is 11.5. The van der Waals surface area contributed by atoms with Crippen molar-refractivity contribution in [2.75, 3.05) is 7.05 Å². The number of nitrogens with zero attached hydrogens (tertiary/aromatic N) is 2. The molecule has 0 saturated heterocycles. The third kappa shape index (κ3) is 2.18. The van der Waals surface area contributed by atoms with Gasteiger partial charge in [0.2, 0.25) is 11.7 Å². The van der Waals surface area contributed by atoms with Crippen molar-refractivity contribution in [3.8, 4) is 11.4 Å². The zero-order valence-corrected chi connectivity index (χ0v) is 10.6. The van der Waals surface area contributed by atoms with Gasteiger partial charge in [-0.05, 0) is 38.8 Å². The molecule has 0 aliphatic heterocycles. The molecule has 1 fully saturated rings. The van der Waals surface area contributed by atoms with Gasteiger partial charge in [-0.25, -0.2) is 0 Å². The molecule has 5 nitrogen and oxygen atoms in total. The molecule has 0 spiro atoms. The molecule has 1 unspecified atom stereocenters. The average Bonchev–Trinajstić information content (AvgIpc) is 2.96. The number of nitrogens with one attached hydrogen (secondary N) is 1. The first-order valence-electron chi connectivity index (χ1n) is 6.32. The molecule has 5 heteroatoms. The Bertz CT molecular complexity index is 528. The van der Waals surface area contributed by atoms with E-state index in [9.17, 15) is 0 Å². The molecule has 18 heavy (non-hydrogen) atoms. The largest absolute Gasteiger partial charge is 0.469 e. The molecular formula is C13H17N3O2. The van der Waals surface area contributed by atoms with Crippen LogP contribution in [-0.4, -0.2) is 23.2 Å². The summed E-state index contributed by atoms with van der Waals surface area (Å²) >= 11 is 0. The van der Waals surface area contributed by atoms with Gasteiger partial charge in [0.05, 0.1) is 11.8 Å². The Morgan fingerprint density at radius 1 is 1.50 bits per heavy atom. The Morgan fingerprint density at radius 2 is 2.33 bits per heavy atom. The highest BCUT2D eigenvalue weighted by atomic mass is 16.5. The van der Waals surface area contributed by atoms with Gasteiger partial charge in [-0.15, -0.1) is 0 Å². The van der Waals surface area contributed by atoms with E-state index in [4.69, 9.17) is 8.94 Å². The van der Waals surface area contributed by atoms with Gasteiger partial charge in [-0.1, -0.05) is 5.16 Å². The van der Waals surface area contributed by atoms with Gasteiger partial charge in [0, 0.05) is 12.5 Å². The Kier molecular flexibility index (Phi) is 2.91. The van der Waals surface area contributed by atoms with Crippen LogP contribution in [0, 0.1) is 12.8 Å². The SMILES string of the molecule is CNC(Cc1nc(-c2ccoc2C)no1)C1CC1. The van der Waals surface area contributed by atoms with Crippen LogP contribution in [0.4, 0.5) is 0 Å². The molecule has 0 amide bonds. The number of furan rings is 1. The predicted octanol–water partition coefficient (Wildman–Crippen LogP) is 2.18. The van der Waals surface area contributed by atoms with Gasteiger partial charge in [0.15, 0.2) is 0 Å². The van der Waals surface area contributed by atoms with Crippen LogP contribution in [0.1, 0.15) is 24.5 Å². The summed E-state index contributed by atoms with van der Waals surface area (Å²) < 4.78 is 10.6. The zero-order valence-electron chi connectivity index (χ0n) is 10.6. The summed E-state index contributed by atoms with van der Waals surface area (Å²) in [5, 5.41) is 7.33. The van der Waals surface area contributed by atoms with Gasteiger partial charge in [-0.3, -0.25) is 0 Å².